The van der Waals surface area contributed by atoms with Crippen molar-refractivity contribution in [2.75, 3.05) is 20.2 Å². The minimum Gasteiger partial charge on any atom is -0.497 e. The van der Waals surface area contributed by atoms with Gasteiger partial charge in [-0.3, -0.25) is 9.59 Å². The summed E-state index contributed by atoms with van der Waals surface area (Å²) in [7, 11) is 1.62. The molecule has 0 aliphatic carbocycles. The maximum Gasteiger partial charge on any atom is 0.242 e. The van der Waals surface area contributed by atoms with Gasteiger partial charge in [-0.2, -0.15) is 0 Å². The summed E-state index contributed by atoms with van der Waals surface area (Å²) in [5, 5.41) is 0.828. The van der Waals surface area contributed by atoms with E-state index in [9.17, 15) is 9.59 Å². The van der Waals surface area contributed by atoms with Gasteiger partial charge in [0, 0.05) is 41.9 Å². The van der Waals surface area contributed by atoms with Crippen LogP contribution in [0.1, 0.15) is 80.8 Å². The monoisotopic (exact) mass is 488 g/mol. The van der Waals surface area contributed by atoms with Gasteiger partial charge >= 0.3 is 0 Å². The van der Waals surface area contributed by atoms with Crippen molar-refractivity contribution < 1.29 is 14.3 Å². The molecule has 0 saturated heterocycles. The highest BCUT2D eigenvalue weighted by Gasteiger charge is 2.20. The number of ketones is 1. The van der Waals surface area contributed by atoms with Gasteiger partial charge in [0.2, 0.25) is 5.91 Å². The molecule has 0 spiro atoms. The van der Waals surface area contributed by atoms with Gasteiger partial charge in [0.15, 0.2) is 5.78 Å². The average Bonchev–Trinajstić information content (AvgIpc) is 3.26. The lowest BCUT2D eigenvalue weighted by Crippen LogP contribution is -2.35. The first-order valence-corrected chi connectivity index (χ1v) is 13.3. The van der Waals surface area contributed by atoms with Crippen LogP contribution >= 0.6 is 0 Å². The zero-order chi connectivity index (χ0) is 25.9. The largest absolute Gasteiger partial charge is 0.497 e. The lowest BCUT2D eigenvalue weighted by Gasteiger charge is -2.23. The number of allylic oxidation sites excluding steroid dienone is 1. The molecular formula is C31H40N2O3. The third-order valence-corrected chi connectivity index (χ3v) is 6.49. The molecule has 3 aromatic rings. The lowest BCUT2D eigenvalue weighted by atomic mass is 10.0. The van der Waals surface area contributed by atoms with Crippen LogP contribution in [-0.2, 0) is 11.3 Å². The number of amides is 1. The number of carbonyl (C=O) groups excluding carboxylic acids is 2. The molecule has 0 saturated carbocycles. The summed E-state index contributed by atoms with van der Waals surface area (Å²) in [6.07, 6.45) is 12.3. The van der Waals surface area contributed by atoms with E-state index in [0.717, 1.165) is 68.1 Å². The first-order chi connectivity index (χ1) is 17.5. The van der Waals surface area contributed by atoms with Gasteiger partial charge < -0.3 is 14.2 Å². The molecule has 0 bridgehead atoms. The fourth-order valence-electron chi connectivity index (χ4n) is 4.30. The van der Waals surface area contributed by atoms with Gasteiger partial charge in [-0.15, -0.1) is 0 Å². The van der Waals surface area contributed by atoms with Crippen molar-refractivity contribution in [1.82, 2.24) is 9.47 Å². The maximum atomic E-state index is 13.5. The molecule has 5 nitrogen and oxygen atoms in total. The molecule has 0 radical (unpaired) electrons. The van der Waals surface area contributed by atoms with Crippen molar-refractivity contribution in [1.29, 1.82) is 0 Å². The van der Waals surface area contributed by atoms with E-state index in [4.69, 9.17) is 4.74 Å². The number of rotatable bonds is 14. The normalized spacial score (nSPS) is 11.3. The van der Waals surface area contributed by atoms with E-state index in [1.54, 1.807) is 7.11 Å². The number of fused-ring (bicyclic) bond motifs is 1. The van der Waals surface area contributed by atoms with Gasteiger partial charge in [0.05, 0.1) is 12.6 Å². The van der Waals surface area contributed by atoms with Crippen LogP contribution in [0.15, 0.2) is 54.7 Å². The third kappa shape index (κ3) is 6.87. The second-order valence-corrected chi connectivity index (χ2v) is 9.28. The molecule has 192 valence electrons. The second-order valence-electron chi connectivity index (χ2n) is 9.28. The van der Waals surface area contributed by atoms with Crippen molar-refractivity contribution in [3.8, 4) is 5.75 Å². The number of ether oxygens (including phenoxy) is 1. The molecule has 36 heavy (non-hydrogen) atoms. The van der Waals surface area contributed by atoms with E-state index in [0.29, 0.717) is 16.9 Å². The molecule has 3 rings (SSSR count). The minimum absolute atomic E-state index is 0.0470. The highest BCUT2D eigenvalue weighted by molar-refractivity contribution is 6.16. The van der Waals surface area contributed by atoms with Crippen molar-refractivity contribution >= 4 is 28.7 Å². The summed E-state index contributed by atoms with van der Waals surface area (Å²) in [4.78, 5) is 28.8. The predicted octanol–water partition coefficient (Wildman–Crippen LogP) is 7.12. The molecular weight excluding hydrogens is 448 g/mol. The second kappa shape index (κ2) is 13.7. The Kier molecular flexibility index (Phi) is 10.3. The summed E-state index contributed by atoms with van der Waals surface area (Å²) < 4.78 is 7.35. The number of benzene rings is 2. The molecule has 1 amide bonds. The van der Waals surface area contributed by atoms with Crippen molar-refractivity contribution in [2.24, 2.45) is 0 Å². The Morgan fingerprint density at radius 2 is 1.64 bits per heavy atom. The minimum atomic E-state index is -0.0470. The molecule has 5 heteroatoms. The molecule has 0 aliphatic rings. The number of unbranched alkanes of at least 4 members (excludes halogenated alkanes) is 3. The topological polar surface area (TPSA) is 51.5 Å². The molecule has 2 aromatic carbocycles. The Morgan fingerprint density at radius 1 is 0.944 bits per heavy atom. The van der Waals surface area contributed by atoms with E-state index >= 15 is 0 Å². The van der Waals surface area contributed by atoms with E-state index in [-0.39, 0.29) is 18.2 Å². The fraction of sp³-hybridized carbons (Fsp3) is 0.419. The molecule has 0 N–H and O–H groups in total. The number of hydrogen-bond donors (Lipinski definition) is 0. The van der Waals surface area contributed by atoms with Crippen LogP contribution in [0.4, 0.5) is 0 Å². The Balaban J connectivity index is 1.92. The van der Waals surface area contributed by atoms with E-state index in [1.165, 1.54) is 0 Å². The van der Waals surface area contributed by atoms with Crippen molar-refractivity contribution in [2.45, 2.75) is 65.8 Å². The van der Waals surface area contributed by atoms with Crippen LogP contribution in [0, 0.1) is 0 Å². The smallest absolute Gasteiger partial charge is 0.242 e. The van der Waals surface area contributed by atoms with Crippen LogP contribution in [0.5, 0.6) is 5.75 Å². The summed E-state index contributed by atoms with van der Waals surface area (Å²) in [5.74, 6) is 0.735. The van der Waals surface area contributed by atoms with Crippen LogP contribution in [0.3, 0.4) is 0 Å². The van der Waals surface area contributed by atoms with Gasteiger partial charge in [0.25, 0.3) is 0 Å². The maximum absolute atomic E-state index is 13.5. The van der Waals surface area contributed by atoms with Crippen molar-refractivity contribution in [3.05, 3.63) is 71.4 Å². The summed E-state index contributed by atoms with van der Waals surface area (Å²) >= 11 is 0. The van der Waals surface area contributed by atoms with E-state index < -0.39 is 0 Å². The Bertz CT molecular complexity index is 1170. The molecule has 0 fully saturated rings. The SMILES string of the molecule is CCC/C=C/c1ccc(C(=O)c2cn(CC(=O)N(CCCC)CCCC)c3cc(OC)ccc23)cc1. The first-order valence-electron chi connectivity index (χ1n) is 13.3. The quantitative estimate of drug-likeness (QED) is 0.227. The van der Waals surface area contributed by atoms with Crippen LogP contribution in [0.2, 0.25) is 0 Å². The van der Waals surface area contributed by atoms with Gasteiger partial charge in [0.1, 0.15) is 12.3 Å². The lowest BCUT2D eigenvalue weighted by molar-refractivity contribution is -0.131. The van der Waals surface area contributed by atoms with E-state index in [1.807, 2.05) is 58.1 Å². The van der Waals surface area contributed by atoms with Gasteiger partial charge in [-0.25, -0.2) is 0 Å². The van der Waals surface area contributed by atoms with Crippen LogP contribution in [0.25, 0.3) is 17.0 Å². The highest BCUT2D eigenvalue weighted by Crippen LogP contribution is 2.28. The van der Waals surface area contributed by atoms with E-state index in [2.05, 4.69) is 32.9 Å². The summed E-state index contributed by atoms with van der Waals surface area (Å²) in [5.41, 5.74) is 3.15. The summed E-state index contributed by atoms with van der Waals surface area (Å²) in [6.45, 7) is 8.16. The number of carbonyl (C=O) groups is 2. The molecule has 0 aliphatic heterocycles. The zero-order valence-electron chi connectivity index (χ0n) is 22.3. The molecule has 0 atom stereocenters. The summed E-state index contributed by atoms with van der Waals surface area (Å²) in [6, 6.07) is 13.4. The molecule has 0 unspecified atom stereocenters. The van der Waals surface area contributed by atoms with Crippen LogP contribution < -0.4 is 4.74 Å². The van der Waals surface area contributed by atoms with Crippen LogP contribution in [-0.4, -0.2) is 41.4 Å². The molecule has 1 aromatic heterocycles. The number of nitrogens with zero attached hydrogens (tertiary/aromatic N) is 2. The Labute approximate surface area is 215 Å². The van der Waals surface area contributed by atoms with Crippen molar-refractivity contribution in [3.63, 3.8) is 0 Å². The molecule has 1 heterocycles. The Morgan fingerprint density at radius 3 is 2.25 bits per heavy atom. The fourth-order valence-corrected chi connectivity index (χ4v) is 4.30. The standard InChI is InChI=1S/C31H40N2O3/c1-5-8-11-12-24-13-15-25(16-14-24)31(35)28-22-33(29-21-26(36-4)17-18-27(28)29)23-30(34)32(19-9-6-2)20-10-7-3/h11-18,21-22H,5-10,19-20,23H2,1-4H3/b12-11+. The number of aromatic nitrogens is 1. The number of methoxy groups -OCH3 is 1. The Hall–Kier alpha value is -3.34. The highest BCUT2D eigenvalue weighted by atomic mass is 16.5. The predicted molar refractivity (Wildman–Crippen MR) is 149 cm³/mol. The zero-order valence-corrected chi connectivity index (χ0v) is 22.3. The average molecular weight is 489 g/mol. The number of hydrogen-bond acceptors (Lipinski definition) is 3. The van der Waals surface area contributed by atoms with Gasteiger partial charge in [-0.05, 0) is 37.0 Å². The first kappa shape index (κ1) is 27.3. The third-order valence-electron chi connectivity index (χ3n) is 6.49. The van der Waals surface area contributed by atoms with Gasteiger partial charge in [-0.1, -0.05) is 76.5 Å².